The Labute approximate surface area is 131 Å². The molecule has 3 N–H and O–H groups in total. The Morgan fingerprint density at radius 2 is 1.95 bits per heavy atom. The Morgan fingerprint density at radius 3 is 2.55 bits per heavy atom. The maximum absolute atomic E-state index is 11.0. The zero-order valence-corrected chi connectivity index (χ0v) is 12.4. The predicted octanol–water partition coefficient (Wildman–Crippen LogP) is 3.05. The number of anilines is 1. The Morgan fingerprint density at radius 1 is 1.27 bits per heavy atom. The van der Waals surface area contributed by atoms with Gasteiger partial charge in [0, 0.05) is 12.1 Å². The van der Waals surface area contributed by atoms with E-state index in [9.17, 15) is 10.1 Å². The van der Waals surface area contributed by atoms with Crippen molar-refractivity contribution in [2.24, 2.45) is 5.73 Å². The minimum absolute atomic E-state index is 0.00346. The van der Waals surface area contributed by atoms with Crippen LogP contribution in [-0.2, 0) is 0 Å². The van der Waals surface area contributed by atoms with E-state index >= 15 is 0 Å². The first-order chi connectivity index (χ1) is 10.5. The Balaban J connectivity index is 2.39. The van der Waals surface area contributed by atoms with E-state index in [0.29, 0.717) is 17.2 Å². The average Bonchev–Trinajstić information content (AvgIpc) is 2.46. The molecule has 8 heteroatoms. The second kappa shape index (κ2) is 6.72. The molecule has 2 rings (SSSR count). The molecule has 0 saturated heterocycles. The van der Waals surface area contributed by atoms with Crippen LogP contribution in [0.15, 0.2) is 42.5 Å². The molecular formula is C14H13N3O4S. The lowest BCUT2D eigenvalue weighted by Crippen LogP contribution is -2.18. The molecule has 2 aromatic carbocycles. The van der Waals surface area contributed by atoms with Crippen molar-refractivity contribution >= 4 is 28.7 Å². The molecular weight excluding hydrogens is 306 g/mol. The highest BCUT2D eigenvalue weighted by Crippen LogP contribution is 2.34. The summed E-state index contributed by atoms with van der Waals surface area (Å²) in [5.74, 6) is 1.21. The molecule has 0 spiro atoms. The topological polar surface area (TPSA) is 99.7 Å². The molecule has 7 nitrogen and oxygen atoms in total. The van der Waals surface area contributed by atoms with Gasteiger partial charge in [-0.05, 0) is 24.4 Å². The molecule has 0 fully saturated rings. The number of thiocarbonyl (C=S) groups is 1. The monoisotopic (exact) mass is 319 g/mol. The van der Waals surface area contributed by atoms with Gasteiger partial charge in [-0.1, -0.05) is 12.1 Å². The third-order valence-corrected chi connectivity index (χ3v) is 2.77. The molecule has 0 atom stereocenters. The molecule has 0 unspecified atom stereocenters. The maximum atomic E-state index is 11.0. The zero-order valence-electron chi connectivity index (χ0n) is 11.6. The van der Waals surface area contributed by atoms with Crippen LogP contribution in [0.4, 0.5) is 11.4 Å². The number of nitrogens with two attached hydrogens (primary N) is 1. The van der Waals surface area contributed by atoms with Crippen molar-refractivity contribution in [2.45, 2.75) is 0 Å². The number of benzene rings is 2. The number of hydrogen-bond donors (Lipinski definition) is 2. The number of para-hydroxylation sites is 2. The van der Waals surface area contributed by atoms with E-state index in [4.69, 9.17) is 27.4 Å². The average molecular weight is 319 g/mol. The maximum Gasteiger partial charge on any atom is 0.275 e. The molecule has 0 bridgehead atoms. The summed E-state index contributed by atoms with van der Waals surface area (Å²) in [6.45, 7) is 0. The van der Waals surface area contributed by atoms with Crippen LogP contribution in [0.1, 0.15) is 0 Å². The second-order valence-electron chi connectivity index (χ2n) is 4.21. The number of nitrogens with one attached hydrogen (secondary N) is 1. The normalized spacial score (nSPS) is 9.86. The van der Waals surface area contributed by atoms with Gasteiger partial charge in [-0.3, -0.25) is 10.1 Å². The van der Waals surface area contributed by atoms with Gasteiger partial charge in [0.25, 0.3) is 5.69 Å². The summed E-state index contributed by atoms with van der Waals surface area (Å²) < 4.78 is 10.8. The number of ether oxygens (including phenoxy) is 2. The number of nitro groups is 1. The first kappa shape index (κ1) is 15.5. The molecule has 0 saturated carbocycles. The summed E-state index contributed by atoms with van der Waals surface area (Å²) in [5, 5.41) is 13.7. The SMILES string of the molecule is COc1ccccc1Oc1cc(NC(N)=S)cc([N+](=O)[O-])c1. The largest absolute Gasteiger partial charge is 0.493 e. The summed E-state index contributed by atoms with van der Waals surface area (Å²) in [6, 6.07) is 11.1. The highest BCUT2D eigenvalue weighted by Gasteiger charge is 2.13. The smallest absolute Gasteiger partial charge is 0.275 e. The summed E-state index contributed by atoms with van der Waals surface area (Å²) in [4.78, 5) is 10.5. The van der Waals surface area contributed by atoms with Gasteiger partial charge >= 0.3 is 0 Å². The molecule has 0 aromatic heterocycles. The summed E-state index contributed by atoms with van der Waals surface area (Å²) in [6.07, 6.45) is 0. The van der Waals surface area contributed by atoms with Gasteiger partial charge in [-0.25, -0.2) is 0 Å². The fourth-order valence-corrected chi connectivity index (χ4v) is 1.91. The van der Waals surface area contributed by atoms with E-state index in [0.717, 1.165) is 0 Å². The highest BCUT2D eigenvalue weighted by atomic mass is 32.1. The van der Waals surface area contributed by atoms with Crippen LogP contribution >= 0.6 is 12.2 Å². The van der Waals surface area contributed by atoms with E-state index in [2.05, 4.69) is 5.32 Å². The van der Waals surface area contributed by atoms with Crippen molar-refractivity contribution in [3.8, 4) is 17.2 Å². The highest BCUT2D eigenvalue weighted by molar-refractivity contribution is 7.80. The lowest BCUT2D eigenvalue weighted by molar-refractivity contribution is -0.384. The standard InChI is InChI=1S/C14H13N3O4S/c1-20-12-4-2-3-5-13(12)21-11-7-9(16-14(15)22)6-10(8-11)17(18)19/h2-8H,1H3,(H3,15,16,22). The summed E-state index contributed by atoms with van der Waals surface area (Å²) >= 11 is 4.74. The lowest BCUT2D eigenvalue weighted by atomic mass is 10.2. The van der Waals surface area contributed by atoms with Gasteiger partial charge in [0.2, 0.25) is 0 Å². The van der Waals surface area contributed by atoms with Gasteiger partial charge in [0.1, 0.15) is 5.75 Å². The van der Waals surface area contributed by atoms with E-state index in [1.807, 2.05) is 0 Å². The molecule has 0 heterocycles. The van der Waals surface area contributed by atoms with Crippen molar-refractivity contribution in [3.63, 3.8) is 0 Å². The van der Waals surface area contributed by atoms with Gasteiger partial charge in [-0.15, -0.1) is 0 Å². The van der Waals surface area contributed by atoms with Gasteiger partial charge in [0.15, 0.2) is 16.6 Å². The molecule has 2 aromatic rings. The van der Waals surface area contributed by atoms with Crippen molar-refractivity contribution in [3.05, 3.63) is 52.6 Å². The molecule has 114 valence electrons. The van der Waals surface area contributed by atoms with Crippen LogP contribution in [0.25, 0.3) is 0 Å². The van der Waals surface area contributed by atoms with Gasteiger partial charge < -0.3 is 20.5 Å². The summed E-state index contributed by atoms with van der Waals surface area (Å²) in [5.41, 5.74) is 5.61. The fourth-order valence-electron chi connectivity index (χ4n) is 1.79. The van der Waals surface area contributed by atoms with Crippen molar-refractivity contribution in [2.75, 3.05) is 12.4 Å². The Bertz CT molecular complexity index is 721. The third kappa shape index (κ3) is 3.83. The zero-order chi connectivity index (χ0) is 16.1. The van der Waals surface area contributed by atoms with E-state index in [1.165, 1.54) is 19.2 Å². The Hall–Kier alpha value is -2.87. The van der Waals surface area contributed by atoms with Crippen LogP contribution in [0.3, 0.4) is 0 Å². The van der Waals surface area contributed by atoms with Crippen molar-refractivity contribution < 1.29 is 14.4 Å². The van der Waals surface area contributed by atoms with Crippen LogP contribution in [0, 0.1) is 10.1 Å². The molecule has 0 aliphatic rings. The van der Waals surface area contributed by atoms with E-state index in [1.54, 1.807) is 30.3 Å². The third-order valence-electron chi connectivity index (χ3n) is 2.67. The quantitative estimate of drug-likeness (QED) is 0.496. The molecule has 22 heavy (non-hydrogen) atoms. The van der Waals surface area contributed by atoms with E-state index in [-0.39, 0.29) is 16.5 Å². The number of non-ortho nitro benzene ring substituents is 1. The van der Waals surface area contributed by atoms with Crippen LogP contribution < -0.4 is 20.5 Å². The van der Waals surface area contributed by atoms with Crippen molar-refractivity contribution in [1.29, 1.82) is 0 Å². The van der Waals surface area contributed by atoms with Crippen LogP contribution in [0.5, 0.6) is 17.2 Å². The van der Waals surface area contributed by atoms with E-state index < -0.39 is 4.92 Å². The van der Waals surface area contributed by atoms with Crippen molar-refractivity contribution in [1.82, 2.24) is 0 Å². The minimum atomic E-state index is -0.528. The number of nitrogens with zero attached hydrogens (tertiary/aromatic N) is 1. The van der Waals surface area contributed by atoms with Gasteiger partial charge in [-0.2, -0.15) is 0 Å². The number of nitro benzene ring substituents is 1. The second-order valence-corrected chi connectivity index (χ2v) is 4.65. The van der Waals surface area contributed by atoms with Crippen LogP contribution in [0.2, 0.25) is 0 Å². The van der Waals surface area contributed by atoms with Crippen LogP contribution in [-0.4, -0.2) is 17.1 Å². The molecule has 0 aliphatic carbocycles. The number of methoxy groups -OCH3 is 1. The van der Waals surface area contributed by atoms with Gasteiger partial charge in [0.05, 0.1) is 23.8 Å². The predicted molar refractivity (Wildman–Crippen MR) is 86.6 cm³/mol. The first-order valence-corrected chi connectivity index (χ1v) is 6.57. The number of hydrogen-bond acceptors (Lipinski definition) is 5. The molecule has 0 amide bonds. The molecule has 0 radical (unpaired) electrons. The first-order valence-electron chi connectivity index (χ1n) is 6.16. The summed E-state index contributed by atoms with van der Waals surface area (Å²) in [7, 11) is 1.51. The molecule has 0 aliphatic heterocycles. The number of rotatable bonds is 5. The minimum Gasteiger partial charge on any atom is -0.493 e. The fraction of sp³-hybridized carbons (Fsp3) is 0.0714. The lowest BCUT2D eigenvalue weighted by Gasteiger charge is -2.11. The Kier molecular flexibility index (Phi) is 4.74.